The summed E-state index contributed by atoms with van der Waals surface area (Å²) < 4.78 is 0. The van der Waals surface area contributed by atoms with E-state index in [4.69, 9.17) is 0 Å². The first kappa shape index (κ1) is 14.5. The third kappa shape index (κ3) is 4.05. The number of hydrogen-bond acceptors (Lipinski definition) is 2. The van der Waals surface area contributed by atoms with E-state index in [0.29, 0.717) is 0 Å². The second-order valence-electron chi connectivity index (χ2n) is 6.62. The Morgan fingerprint density at radius 2 is 1.84 bits per heavy atom. The average molecular weight is 260 g/mol. The lowest BCUT2D eigenvalue weighted by molar-refractivity contribution is 0.238. The van der Waals surface area contributed by atoms with E-state index in [-0.39, 0.29) is 5.54 Å². The van der Waals surface area contributed by atoms with Crippen LogP contribution in [0.1, 0.15) is 43.4 Å². The largest absolute Gasteiger partial charge is 0.314 e. The van der Waals surface area contributed by atoms with Gasteiger partial charge in [0.25, 0.3) is 0 Å². The molecule has 0 amide bonds. The zero-order chi connectivity index (χ0) is 13.9. The maximum atomic E-state index is 3.37. The van der Waals surface area contributed by atoms with Crippen LogP contribution in [0.5, 0.6) is 0 Å². The molecule has 0 aromatic heterocycles. The van der Waals surface area contributed by atoms with Crippen molar-refractivity contribution in [2.45, 2.75) is 51.6 Å². The van der Waals surface area contributed by atoms with Crippen molar-refractivity contribution < 1.29 is 0 Å². The van der Waals surface area contributed by atoms with Gasteiger partial charge < -0.3 is 10.2 Å². The van der Waals surface area contributed by atoms with E-state index in [2.05, 4.69) is 49.3 Å². The predicted octanol–water partition coefficient (Wildman–Crippen LogP) is 3.00. The molecule has 1 aliphatic rings. The number of likely N-dealkylation sites (N-methyl/N-ethyl adjacent to an activating group) is 2. The monoisotopic (exact) mass is 260 g/mol. The fraction of sp³-hybridized carbons (Fsp3) is 0.647. The summed E-state index contributed by atoms with van der Waals surface area (Å²) in [7, 11) is 4.24. The van der Waals surface area contributed by atoms with Gasteiger partial charge in [-0.15, -0.1) is 0 Å². The summed E-state index contributed by atoms with van der Waals surface area (Å²) in [4.78, 5) is 2.40. The topological polar surface area (TPSA) is 15.3 Å². The number of aryl methyl sites for hydroxylation is 2. The Labute approximate surface area is 118 Å². The molecular weight excluding hydrogens is 232 g/mol. The highest BCUT2D eigenvalue weighted by molar-refractivity contribution is 5.33. The van der Waals surface area contributed by atoms with Gasteiger partial charge in [-0.25, -0.2) is 0 Å². The first-order chi connectivity index (χ1) is 9.00. The minimum atomic E-state index is 0.170. The van der Waals surface area contributed by atoms with Crippen LogP contribution in [0.4, 0.5) is 0 Å². The Bertz CT molecular complexity index is 423. The fourth-order valence-electron chi connectivity index (χ4n) is 3.01. The van der Waals surface area contributed by atoms with Crippen molar-refractivity contribution in [2.24, 2.45) is 0 Å². The zero-order valence-corrected chi connectivity index (χ0v) is 12.9. The van der Waals surface area contributed by atoms with Crippen LogP contribution in [0.15, 0.2) is 18.2 Å². The second-order valence-corrected chi connectivity index (χ2v) is 6.62. The Balaban J connectivity index is 1.99. The lowest BCUT2D eigenvalue weighted by Gasteiger charge is -2.30. The molecule has 0 unspecified atom stereocenters. The van der Waals surface area contributed by atoms with E-state index >= 15 is 0 Å². The van der Waals surface area contributed by atoms with Gasteiger partial charge in [-0.2, -0.15) is 0 Å². The summed E-state index contributed by atoms with van der Waals surface area (Å²) in [6, 6.07) is 7.09. The molecule has 1 aromatic rings. The second kappa shape index (κ2) is 6.06. The van der Waals surface area contributed by atoms with Gasteiger partial charge in [0.1, 0.15) is 0 Å². The van der Waals surface area contributed by atoms with E-state index in [1.165, 1.54) is 31.2 Å². The lowest BCUT2D eigenvalue weighted by atomic mass is 9.90. The van der Waals surface area contributed by atoms with Gasteiger partial charge in [-0.3, -0.25) is 0 Å². The summed E-state index contributed by atoms with van der Waals surface area (Å²) >= 11 is 0. The van der Waals surface area contributed by atoms with Crippen LogP contribution < -0.4 is 5.32 Å². The Morgan fingerprint density at radius 1 is 1.16 bits per heavy atom. The Kier molecular flexibility index (Phi) is 4.64. The zero-order valence-electron chi connectivity index (χ0n) is 12.9. The smallest absolute Gasteiger partial charge is 0.0249 e. The van der Waals surface area contributed by atoms with Crippen molar-refractivity contribution in [1.29, 1.82) is 0 Å². The molecule has 2 rings (SSSR count). The molecule has 0 atom stereocenters. The minimum absolute atomic E-state index is 0.170. The van der Waals surface area contributed by atoms with Gasteiger partial charge >= 0.3 is 0 Å². The standard InChI is InChI=1S/C17H28N2/c1-17(2,18-3)13-19(4)12-14-9-10-15-7-5-6-8-16(15)11-14/h9-11,18H,5-8,12-13H2,1-4H3. The Morgan fingerprint density at radius 3 is 2.53 bits per heavy atom. The molecular formula is C17H28N2. The molecule has 2 heteroatoms. The SMILES string of the molecule is CNC(C)(C)CN(C)Cc1ccc2c(c1)CCCC2. The van der Waals surface area contributed by atoms with Crippen LogP contribution in [0.25, 0.3) is 0 Å². The third-order valence-electron chi connectivity index (χ3n) is 4.21. The quantitative estimate of drug-likeness (QED) is 0.875. The number of nitrogens with one attached hydrogen (secondary N) is 1. The van der Waals surface area contributed by atoms with Gasteiger partial charge in [-0.05, 0) is 70.3 Å². The summed E-state index contributed by atoms with van der Waals surface area (Å²) in [6.07, 6.45) is 5.27. The number of benzene rings is 1. The molecule has 1 aromatic carbocycles. The first-order valence-electron chi connectivity index (χ1n) is 7.48. The lowest BCUT2D eigenvalue weighted by Crippen LogP contribution is -2.46. The van der Waals surface area contributed by atoms with Crippen molar-refractivity contribution >= 4 is 0 Å². The molecule has 0 aliphatic heterocycles. The van der Waals surface area contributed by atoms with Crippen molar-refractivity contribution in [3.63, 3.8) is 0 Å². The maximum Gasteiger partial charge on any atom is 0.0249 e. The van der Waals surface area contributed by atoms with Gasteiger partial charge in [0.15, 0.2) is 0 Å². The molecule has 106 valence electrons. The van der Waals surface area contributed by atoms with E-state index in [1.54, 1.807) is 11.1 Å². The maximum absolute atomic E-state index is 3.37. The highest BCUT2D eigenvalue weighted by Crippen LogP contribution is 2.22. The van der Waals surface area contributed by atoms with E-state index in [1.807, 2.05) is 7.05 Å². The fourth-order valence-corrected chi connectivity index (χ4v) is 3.01. The molecule has 0 heterocycles. The number of nitrogens with zero attached hydrogens (tertiary/aromatic N) is 1. The van der Waals surface area contributed by atoms with E-state index in [0.717, 1.165) is 13.1 Å². The average Bonchev–Trinajstić information content (AvgIpc) is 2.38. The van der Waals surface area contributed by atoms with Crippen LogP contribution in [0.3, 0.4) is 0 Å². The van der Waals surface area contributed by atoms with Crippen LogP contribution >= 0.6 is 0 Å². The van der Waals surface area contributed by atoms with Crippen LogP contribution in [0.2, 0.25) is 0 Å². The third-order valence-corrected chi connectivity index (χ3v) is 4.21. The van der Waals surface area contributed by atoms with E-state index in [9.17, 15) is 0 Å². The highest BCUT2D eigenvalue weighted by atomic mass is 15.1. The first-order valence-corrected chi connectivity index (χ1v) is 7.48. The molecule has 0 radical (unpaired) electrons. The molecule has 2 nitrogen and oxygen atoms in total. The highest BCUT2D eigenvalue weighted by Gasteiger charge is 2.17. The molecule has 0 fully saturated rings. The molecule has 0 spiro atoms. The predicted molar refractivity (Wildman–Crippen MR) is 82.6 cm³/mol. The minimum Gasteiger partial charge on any atom is -0.314 e. The number of rotatable bonds is 5. The summed E-state index contributed by atoms with van der Waals surface area (Å²) in [5.74, 6) is 0. The van der Waals surface area contributed by atoms with Gasteiger partial charge in [-0.1, -0.05) is 18.2 Å². The molecule has 1 N–H and O–H groups in total. The van der Waals surface area contributed by atoms with Crippen LogP contribution in [-0.4, -0.2) is 31.1 Å². The Hall–Kier alpha value is -0.860. The molecule has 0 bridgehead atoms. The van der Waals surface area contributed by atoms with Crippen molar-refractivity contribution in [2.75, 3.05) is 20.6 Å². The van der Waals surface area contributed by atoms with E-state index < -0.39 is 0 Å². The number of fused-ring (bicyclic) bond motifs is 1. The van der Waals surface area contributed by atoms with Gasteiger partial charge in [0.2, 0.25) is 0 Å². The van der Waals surface area contributed by atoms with Crippen molar-refractivity contribution in [1.82, 2.24) is 10.2 Å². The summed E-state index contributed by atoms with van der Waals surface area (Å²) in [5, 5.41) is 3.37. The van der Waals surface area contributed by atoms with Gasteiger partial charge in [0.05, 0.1) is 0 Å². The van der Waals surface area contributed by atoms with Crippen molar-refractivity contribution in [3.05, 3.63) is 34.9 Å². The molecule has 19 heavy (non-hydrogen) atoms. The molecule has 0 saturated carbocycles. The number of hydrogen-bond donors (Lipinski definition) is 1. The molecule has 0 saturated heterocycles. The van der Waals surface area contributed by atoms with Gasteiger partial charge in [0, 0.05) is 18.6 Å². The molecule has 1 aliphatic carbocycles. The van der Waals surface area contributed by atoms with Crippen LogP contribution in [0, 0.1) is 0 Å². The summed E-state index contributed by atoms with van der Waals surface area (Å²) in [5.41, 5.74) is 4.79. The van der Waals surface area contributed by atoms with Crippen molar-refractivity contribution in [3.8, 4) is 0 Å². The summed E-state index contributed by atoms with van der Waals surface area (Å²) in [6.45, 7) is 6.59. The normalized spacial score (nSPS) is 15.6. The van der Waals surface area contributed by atoms with Crippen LogP contribution in [-0.2, 0) is 19.4 Å².